The third-order valence-electron chi connectivity index (χ3n) is 7.41. The minimum absolute atomic E-state index is 0.0450. The molecule has 0 bridgehead atoms. The van der Waals surface area contributed by atoms with Crippen molar-refractivity contribution in [2.45, 2.75) is 58.0 Å². The van der Waals surface area contributed by atoms with E-state index in [4.69, 9.17) is 27.1 Å². The van der Waals surface area contributed by atoms with Crippen molar-refractivity contribution >= 4 is 46.3 Å². The lowest BCUT2D eigenvalue weighted by Crippen LogP contribution is -2.44. The molecule has 1 saturated heterocycles. The summed E-state index contributed by atoms with van der Waals surface area (Å²) in [5.74, 6) is -1.51. The summed E-state index contributed by atoms with van der Waals surface area (Å²) in [4.78, 5) is 25.5. The van der Waals surface area contributed by atoms with E-state index < -0.39 is 11.6 Å². The predicted octanol–water partition coefficient (Wildman–Crippen LogP) is 4.95. The maximum atomic E-state index is 14.6. The highest BCUT2D eigenvalue weighted by atomic mass is 35.5. The van der Waals surface area contributed by atoms with E-state index in [1.807, 2.05) is 4.57 Å². The number of ether oxygens (including phenoxy) is 1. The second kappa shape index (κ2) is 10.0. The molecule has 2 aliphatic rings. The molecule has 2 fully saturated rings. The van der Waals surface area contributed by atoms with Crippen molar-refractivity contribution in [2.24, 2.45) is 17.1 Å². The number of nitrogens with two attached hydrogens (primary N) is 1. The van der Waals surface area contributed by atoms with Gasteiger partial charge in [-0.25, -0.2) is 18.7 Å². The molecule has 1 saturated carbocycles. The van der Waals surface area contributed by atoms with Gasteiger partial charge in [-0.15, -0.1) is 0 Å². The SMILES string of the molecule is CC1(C)COCC[C@@H]1Nc1ncc2nc(Nc3c(F)cc(Cl)cc3F)n(C3CCC(C(N)=O)CC3)c2n1. The first-order valence-corrected chi connectivity index (χ1v) is 12.8. The molecule has 3 aromatic rings. The molecule has 1 aromatic carbocycles. The Balaban J connectivity index is 1.53. The predicted molar refractivity (Wildman–Crippen MR) is 137 cm³/mol. The molecule has 9 nitrogen and oxygen atoms in total. The lowest BCUT2D eigenvalue weighted by atomic mass is 9.82. The molecule has 198 valence electrons. The number of anilines is 3. The summed E-state index contributed by atoms with van der Waals surface area (Å²) in [7, 11) is 0. The Morgan fingerprint density at radius 2 is 1.86 bits per heavy atom. The van der Waals surface area contributed by atoms with Gasteiger partial charge < -0.3 is 21.1 Å². The second-order valence-electron chi connectivity index (χ2n) is 10.5. The van der Waals surface area contributed by atoms with E-state index in [2.05, 4.69) is 34.4 Å². The van der Waals surface area contributed by atoms with Crippen LogP contribution in [0.5, 0.6) is 0 Å². The first kappa shape index (κ1) is 25.6. The Labute approximate surface area is 218 Å². The smallest absolute Gasteiger partial charge is 0.225 e. The first-order valence-electron chi connectivity index (χ1n) is 12.4. The van der Waals surface area contributed by atoms with E-state index in [1.54, 1.807) is 6.20 Å². The zero-order valence-electron chi connectivity index (χ0n) is 20.7. The number of halogens is 3. The van der Waals surface area contributed by atoms with Gasteiger partial charge in [0.2, 0.25) is 17.8 Å². The lowest BCUT2D eigenvalue weighted by molar-refractivity contribution is -0.122. The number of rotatable bonds is 6. The minimum atomic E-state index is -0.837. The number of benzene rings is 1. The zero-order valence-corrected chi connectivity index (χ0v) is 21.5. The van der Waals surface area contributed by atoms with E-state index in [0.717, 1.165) is 18.6 Å². The number of nitrogens with one attached hydrogen (secondary N) is 2. The normalized spacial score (nSPS) is 23.6. The van der Waals surface area contributed by atoms with Crippen LogP contribution in [0.1, 0.15) is 52.0 Å². The third-order valence-corrected chi connectivity index (χ3v) is 7.63. The standard InChI is InChI=1S/C25H30ClF2N7O2/c1-25(2)12-37-8-7-19(25)32-23-30-11-18-22(34-23)35(15-5-3-13(4-6-15)21(29)36)24(31-18)33-20-16(27)9-14(26)10-17(20)28/h9-11,13,15,19H,3-8,12H2,1-2H3,(H2,29,36)(H,31,33)(H,30,32,34)/t13?,15?,19-/m0/s1. The van der Waals surface area contributed by atoms with Crippen molar-refractivity contribution in [1.82, 2.24) is 19.5 Å². The number of carbonyl (C=O) groups is 1. The van der Waals surface area contributed by atoms with E-state index in [-0.39, 0.29) is 46.0 Å². The highest BCUT2D eigenvalue weighted by Gasteiger charge is 2.34. The van der Waals surface area contributed by atoms with Gasteiger partial charge in [0.25, 0.3) is 0 Å². The minimum Gasteiger partial charge on any atom is -0.381 e. The van der Waals surface area contributed by atoms with Gasteiger partial charge >= 0.3 is 0 Å². The number of nitrogens with zero attached hydrogens (tertiary/aromatic N) is 4. The van der Waals surface area contributed by atoms with Crippen molar-refractivity contribution < 1.29 is 18.3 Å². The van der Waals surface area contributed by atoms with Gasteiger partial charge in [-0.2, -0.15) is 4.98 Å². The number of imidazole rings is 1. The van der Waals surface area contributed by atoms with Crippen molar-refractivity contribution in [1.29, 1.82) is 0 Å². The largest absolute Gasteiger partial charge is 0.381 e. The molecule has 1 aliphatic heterocycles. The zero-order chi connectivity index (χ0) is 26.3. The highest BCUT2D eigenvalue weighted by Crippen LogP contribution is 2.38. The van der Waals surface area contributed by atoms with Gasteiger partial charge in [0.1, 0.15) is 11.2 Å². The van der Waals surface area contributed by atoms with Crippen LogP contribution in [0.25, 0.3) is 11.2 Å². The maximum Gasteiger partial charge on any atom is 0.225 e. The van der Waals surface area contributed by atoms with Gasteiger partial charge in [-0.3, -0.25) is 9.36 Å². The monoisotopic (exact) mass is 533 g/mol. The van der Waals surface area contributed by atoms with Crippen LogP contribution >= 0.6 is 11.6 Å². The van der Waals surface area contributed by atoms with Gasteiger partial charge in [0.05, 0.1) is 12.8 Å². The molecular formula is C25H30ClF2N7O2. The maximum absolute atomic E-state index is 14.6. The molecule has 5 rings (SSSR count). The van der Waals surface area contributed by atoms with Crippen LogP contribution in [0.3, 0.4) is 0 Å². The molecule has 12 heteroatoms. The molecule has 3 heterocycles. The van der Waals surface area contributed by atoms with Crippen molar-refractivity contribution in [3.8, 4) is 0 Å². The summed E-state index contributed by atoms with van der Waals surface area (Å²) in [6.07, 6.45) is 4.90. The van der Waals surface area contributed by atoms with Crippen LogP contribution < -0.4 is 16.4 Å². The Hall–Kier alpha value is -3.05. The average molecular weight is 534 g/mol. The number of fused-ring (bicyclic) bond motifs is 1. The van der Waals surface area contributed by atoms with Crippen molar-refractivity contribution in [3.05, 3.63) is 35.0 Å². The molecule has 1 amide bonds. The van der Waals surface area contributed by atoms with Crippen molar-refractivity contribution in [2.75, 3.05) is 23.8 Å². The molecular weight excluding hydrogens is 504 g/mol. The molecule has 2 aromatic heterocycles. The van der Waals surface area contributed by atoms with Crippen LogP contribution in [0.4, 0.5) is 26.4 Å². The second-order valence-corrected chi connectivity index (χ2v) is 10.9. The topological polar surface area (TPSA) is 120 Å². The first-order chi connectivity index (χ1) is 17.6. The van der Waals surface area contributed by atoms with Crippen LogP contribution in [0, 0.1) is 23.0 Å². The fraction of sp³-hybridized carbons (Fsp3) is 0.520. The van der Waals surface area contributed by atoms with Crippen LogP contribution in [0.15, 0.2) is 18.3 Å². The Morgan fingerprint density at radius 1 is 1.16 bits per heavy atom. The number of hydrogen-bond acceptors (Lipinski definition) is 7. The Bertz CT molecular complexity index is 1300. The molecule has 4 N–H and O–H groups in total. The number of hydrogen-bond donors (Lipinski definition) is 3. The number of carbonyl (C=O) groups excluding carboxylic acids is 1. The van der Waals surface area contributed by atoms with Crippen LogP contribution in [-0.2, 0) is 9.53 Å². The quantitative estimate of drug-likeness (QED) is 0.410. The number of aromatic nitrogens is 4. The van der Waals surface area contributed by atoms with Crippen LogP contribution in [0.2, 0.25) is 5.02 Å². The number of amides is 1. The molecule has 0 unspecified atom stereocenters. The lowest BCUT2D eigenvalue weighted by Gasteiger charge is -2.38. The molecule has 1 atom stereocenters. The van der Waals surface area contributed by atoms with Gasteiger partial charge in [-0.05, 0) is 44.2 Å². The number of primary amides is 1. The van der Waals surface area contributed by atoms with Crippen LogP contribution in [-0.4, -0.2) is 44.7 Å². The van der Waals surface area contributed by atoms with E-state index >= 15 is 0 Å². The fourth-order valence-corrected chi connectivity index (χ4v) is 5.43. The molecule has 1 aliphatic carbocycles. The summed E-state index contributed by atoms with van der Waals surface area (Å²) >= 11 is 5.80. The molecule has 0 radical (unpaired) electrons. The van der Waals surface area contributed by atoms with E-state index in [0.29, 0.717) is 56.0 Å². The third kappa shape index (κ3) is 5.19. The van der Waals surface area contributed by atoms with Gasteiger partial charge in [-0.1, -0.05) is 25.4 Å². The van der Waals surface area contributed by atoms with Gasteiger partial charge in [0.15, 0.2) is 17.3 Å². The Kier molecular flexibility index (Phi) is 6.93. The van der Waals surface area contributed by atoms with Gasteiger partial charge in [0, 0.05) is 35.0 Å². The summed E-state index contributed by atoms with van der Waals surface area (Å²) in [6, 6.07) is 2.07. The summed E-state index contributed by atoms with van der Waals surface area (Å²) in [5.41, 5.74) is 6.07. The Morgan fingerprint density at radius 3 is 2.51 bits per heavy atom. The van der Waals surface area contributed by atoms with E-state index in [1.165, 1.54) is 0 Å². The fourth-order valence-electron chi connectivity index (χ4n) is 5.24. The summed E-state index contributed by atoms with van der Waals surface area (Å²) in [5, 5.41) is 6.21. The molecule has 0 spiro atoms. The van der Waals surface area contributed by atoms with E-state index in [9.17, 15) is 13.6 Å². The molecule has 37 heavy (non-hydrogen) atoms. The highest BCUT2D eigenvalue weighted by molar-refractivity contribution is 6.30. The summed E-state index contributed by atoms with van der Waals surface area (Å²) < 4.78 is 36.8. The average Bonchev–Trinajstić information content (AvgIpc) is 3.20. The van der Waals surface area contributed by atoms with Crippen molar-refractivity contribution in [3.63, 3.8) is 0 Å². The summed E-state index contributed by atoms with van der Waals surface area (Å²) in [6.45, 7) is 5.53.